The fraction of sp³-hybridized carbons (Fsp3) is 1.00. The zero-order valence-corrected chi connectivity index (χ0v) is 8.71. The minimum Gasteiger partial charge on any atom is -0.325 e. The normalized spacial score (nSPS) is 23.6. The SMILES string of the molecule is N[C@@H](C1CCCC1)[C@@H](F)CS(=O)(=O)O. The van der Waals surface area contributed by atoms with Crippen LogP contribution in [0.1, 0.15) is 25.7 Å². The second-order valence-electron chi connectivity index (χ2n) is 3.89. The smallest absolute Gasteiger partial charge is 0.267 e. The Kier molecular flexibility index (Phi) is 3.86. The topological polar surface area (TPSA) is 80.4 Å². The summed E-state index contributed by atoms with van der Waals surface area (Å²) in [6.45, 7) is 0. The Morgan fingerprint density at radius 2 is 1.93 bits per heavy atom. The Bertz CT molecular complexity index is 274. The molecule has 0 heterocycles. The highest BCUT2D eigenvalue weighted by atomic mass is 32.2. The Balaban J connectivity index is 2.47. The van der Waals surface area contributed by atoms with E-state index in [0.717, 1.165) is 25.7 Å². The van der Waals surface area contributed by atoms with Gasteiger partial charge in [0.25, 0.3) is 10.1 Å². The third-order valence-electron chi connectivity index (χ3n) is 2.73. The van der Waals surface area contributed by atoms with Crippen LogP contribution in [0.3, 0.4) is 0 Å². The molecular weight excluding hydrogens is 209 g/mol. The second kappa shape index (κ2) is 4.55. The first-order valence-electron chi connectivity index (χ1n) is 4.75. The molecule has 0 unspecified atom stereocenters. The summed E-state index contributed by atoms with van der Waals surface area (Å²) in [5, 5.41) is 0. The van der Waals surface area contributed by atoms with Gasteiger partial charge in [-0.3, -0.25) is 4.55 Å². The number of halogens is 1. The van der Waals surface area contributed by atoms with Gasteiger partial charge >= 0.3 is 0 Å². The first-order valence-corrected chi connectivity index (χ1v) is 6.36. The van der Waals surface area contributed by atoms with Gasteiger partial charge in [-0.2, -0.15) is 8.42 Å². The van der Waals surface area contributed by atoms with Crippen molar-refractivity contribution in [3.05, 3.63) is 0 Å². The van der Waals surface area contributed by atoms with Crippen LogP contribution in [0.15, 0.2) is 0 Å². The van der Waals surface area contributed by atoms with Gasteiger partial charge in [-0.1, -0.05) is 12.8 Å². The van der Waals surface area contributed by atoms with E-state index in [1.54, 1.807) is 0 Å². The largest absolute Gasteiger partial charge is 0.325 e. The summed E-state index contributed by atoms with van der Waals surface area (Å²) in [7, 11) is -4.25. The van der Waals surface area contributed by atoms with Gasteiger partial charge < -0.3 is 5.73 Å². The van der Waals surface area contributed by atoms with Crippen LogP contribution in [0, 0.1) is 5.92 Å². The number of nitrogens with two attached hydrogens (primary N) is 1. The fourth-order valence-electron chi connectivity index (χ4n) is 1.95. The van der Waals surface area contributed by atoms with Crippen molar-refractivity contribution in [2.45, 2.75) is 37.9 Å². The molecule has 1 fully saturated rings. The van der Waals surface area contributed by atoms with Crippen molar-refractivity contribution >= 4 is 10.1 Å². The number of rotatable bonds is 4. The van der Waals surface area contributed by atoms with E-state index in [1.807, 2.05) is 0 Å². The van der Waals surface area contributed by atoms with Crippen molar-refractivity contribution in [1.82, 2.24) is 0 Å². The number of hydrogen-bond acceptors (Lipinski definition) is 3. The average Bonchev–Trinajstić information content (AvgIpc) is 2.51. The number of alkyl halides is 1. The molecule has 0 radical (unpaired) electrons. The molecule has 14 heavy (non-hydrogen) atoms. The maximum Gasteiger partial charge on any atom is 0.267 e. The van der Waals surface area contributed by atoms with E-state index in [2.05, 4.69) is 0 Å². The van der Waals surface area contributed by atoms with Crippen LogP contribution < -0.4 is 5.73 Å². The van der Waals surface area contributed by atoms with Crippen LogP contribution in [0.2, 0.25) is 0 Å². The van der Waals surface area contributed by atoms with Crippen LogP contribution in [0.25, 0.3) is 0 Å². The molecule has 0 aromatic rings. The molecule has 0 bridgehead atoms. The molecule has 1 saturated carbocycles. The molecule has 84 valence electrons. The zero-order valence-electron chi connectivity index (χ0n) is 7.89. The van der Waals surface area contributed by atoms with E-state index in [0.29, 0.717) is 0 Å². The Morgan fingerprint density at radius 3 is 2.36 bits per heavy atom. The molecule has 0 aromatic carbocycles. The molecule has 0 aliphatic heterocycles. The third-order valence-corrected chi connectivity index (χ3v) is 3.47. The molecule has 4 nitrogen and oxygen atoms in total. The van der Waals surface area contributed by atoms with Gasteiger partial charge in [-0.15, -0.1) is 0 Å². The summed E-state index contributed by atoms with van der Waals surface area (Å²) < 4.78 is 42.6. The molecule has 0 saturated heterocycles. The first kappa shape index (κ1) is 11.9. The highest BCUT2D eigenvalue weighted by Crippen LogP contribution is 2.28. The lowest BCUT2D eigenvalue weighted by atomic mass is 9.96. The summed E-state index contributed by atoms with van der Waals surface area (Å²) in [4.78, 5) is 0. The molecule has 1 aliphatic carbocycles. The van der Waals surface area contributed by atoms with Gasteiger partial charge in [0, 0.05) is 6.04 Å². The molecule has 1 aliphatic rings. The van der Waals surface area contributed by atoms with E-state index in [1.165, 1.54) is 0 Å². The highest BCUT2D eigenvalue weighted by molar-refractivity contribution is 7.85. The van der Waals surface area contributed by atoms with Crippen molar-refractivity contribution in [2.75, 3.05) is 5.75 Å². The van der Waals surface area contributed by atoms with Crippen LogP contribution >= 0.6 is 0 Å². The quantitative estimate of drug-likeness (QED) is 0.691. The molecule has 1 rings (SSSR count). The van der Waals surface area contributed by atoms with E-state index in [9.17, 15) is 12.8 Å². The minimum atomic E-state index is -4.25. The summed E-state index contributed by atoms with van der Waals surface area (Å²) in [5.74, 6) is -0.822. The van der Waals surface area contributed by atoms with Gasteiger partial charge in [0.15, 0.2) is 0 Å². The molecular formula is C8H16FNO3S. The lowest BCUT2D eigenvalue weighted by Gasteiger charge is -2.21. The van der Waals surface area contributed by atoms with E-state index in [-0.39, 0.29) is 5.92 Å². The number of hydrogen-bond donors (Lipinski definition) is 2. The Morgan fingerprint density at radius 1 is 1.43 bits per heavy atom. The monoisotopic (exact) mass is 225 g/mol. The van der Waals surface area contributed by atoms with Crippen molar-refractivity contribution < 1.29 is 17.4 Å². The molecule has 2 atom stereocenters. The van der Waals surface area contributed by atoms with E-state index < -0.39 is 28.1 Å². The fourth-order valence-corrected chi connectivity index (χ4v) is 2.57. The Labute approximate surface area is 83.4 Å². The summed E-state index contributed by atoms with van der Waals surface area (Å²) in [5.41, 5.74) is 5.58. The molecule has 0 aromatic heterocycles. The van der Waals surface area contributed by atoms with Gasteiger partial charge in [0.1, 0.15) is 11.9 Å². The van der Waals surface area contributed by atoms with E-state index >= 15 is 0 Å². The van der Waals surface area contributed by atoms with Crippen molar-refractivity contribution in [2.24, 2.45) is 11.7 Å². The first-order chi connectivity index (χ1) is 6.40. The predicted molar refractivity (Wildman–Crippen MR) is 51.2 cm³/mol. The lowest BCUT2D eigenvalue weighted by Crippen LogP contribution is -2.41. The predicted octanol–water partition coefficient (Wildman–Crippen LogP) is 0.730. The summed E-state index contributed by atoms with van der Waals surface area (Å²) in [6, 6.07) is -0.764. The molecule has 3 N–H and O–H groups in total. The van der Waals surface area contributed by atoms with E-state index in [4.69, 9.17) is 10.3 Å². The van der Waals surface area contributed by atoms with Crippen LogP contribution in [-0.4, -0.2) is 30.9 Å². The van der Waals surface area contributed by atoms with Crippen molar-refractivity contribution in [3.8, 4) is 0 Å². The lowest BCUT2D eigenvalue weighted by molar-refractivity contribution is 0.245. The van der Waals surface area contributed by atoms with Crippen molar-refractivity contribution in [3.63, 3.8) is 0 Å². The van der Waals surface area contributed by atoms with Gasteiger partial charge in [0.2, 0.25) is 0 Å². The molecule has 0 amide bonds. The standard InChI is InChI=1S/C8H16FNO3S/c9-7(5-14(11,12)13)8(10)6-3-1-2-4-6/h6-8H,1-5,10H2,(H,11,12,13)/t7-,8-/m0/s1. The van der Waals surface area contributed by atoms with Gasteiger partial charge in [-0.25, -0.2) is 4.39 Å². The van der Waals surface area contributed by atoms with Gasteiger partial charge in [0.05, 0.1) is 0 Å². The molecule has 0 spiro atoms. The second-order valence-corrected chi connectivity index (χ2v) is 5.38. The van der Waals surface area contributed by atoms with Crippen LogP contribution in [0.5, 0.6) is 0 Å². The zero-order chi connectivity index (χ0) is 10.8. The third kappa shape index (κ3) is 3.51. The van der Waals surface area contributed by atoms with Crippen LogP contribution in [-0.2, 0) is 10.1 Å². The Hall–Kier alpha value is -0.200. The summed E-state index contributed by atoms with van der Waals surface area (Å²) >= 11 is 0. The minimum absolute atomic E-state index is 0.0618. The highest BCUT2D eigenvalue weighted by Gasteiger charge is 2.31. The molecule has 6 heteroatoms. The van der Waals surface area contributed by atoms with Crippen molar-refractivity contribution in [1.29, 1.82) is 0 Å². The average molecular weight is 225 g/mol. The maximum absolute atomic E-state index is 13.3. The summed E-state index contributed by atoms with van der Waals surface area (Å²) in [6.07, 6.45) is 2.10. The van der Waals surface area contributed by atoms with Gasteiger partial charge in [-0.05, 0) is 18.8 Å². The van der Waals surface area contributed by atoms with Crippen LogP contribution in [0.4, 0.5) is 4.39 Å². The maximum atomic E-state index is 13.3.